The predicted molar refractivity (Wildman–Crippen MR) is 70.3 cm³/mol. The second-order valence-electron chi connectivity index (χ2n) is 3.82. The lowest BCUT2D eigenvalue weighted by atomic mass is 10.3. The van der Waals surface area contributed by atoms with Gasteiger partial charge in [-0.05, 0) is 11.4 Å². The molecule has 1 aliphatic heterocycles. The lowest BCUT2D eigenvalue weighted by Gasteiger charge is -2.23. The molecule has 1 aliphatic rings. The number of rotatable bonds is 5. The van der Waals surface area contributed by atoms with E-state index >= 15 is 0 Å². The summed E-state index contributed by atoms with van der Waals surface area (Å²) in [5, 5.41) is 5.19. The summed E-state index contributed by atoms with van der Waals surface area (Å²) in [6, 6.07) is 4.00. The number of thiophene rings is 1. The Morgan fingerprint density at radius 2 is 2.47 bits per heavy atom. The molecule has 1 saturated heterocycles. The molecule has 0 spiro atoms. The van der Waals surface area contributed by atoms with Gasteiger partial charge < -0.3 is 4.90 Å². The van der Waals surface area contributed by atoms with Crippen molar-refractivity contribution in [1.82, 2.24) is 10.2 Å². The molecule has 1 aromatic heterocycles. The molecule has 2 rings (SSSR count). The third kappa shape index (κ3) is 2.94. The minimum absolute atomic E-state index is 0.0312. The van der Waals surface area contributed by atoms with Crippen LogP contribution < -0.4 is 5.32 Å². The maximum absolute atomic E-state index is 11.7. The molecule has 6 heteroatoms. The molecule has 0 saturated carbocycles. The Morgan fingerprint density at radius 3 is 3.12 bits per heavy atom. The average Bonchev–Trinajstić information content (AvgIpc) is 2.95. The minimum Gasteiger partial charge on any atom is -0.320 e. The van der Waals surface area contributed by atoms with Crippen molar-refractivity contribution in [1.29, 1.82) is 0 Å². The second kappa shape index (κ2) is 5.75. The van der Waals surface area contributed by atoms with Gasteiger partial charge in [0.2, 0.25) is 5.91 Å². The lowest BCUT2D eigenvalue weighted by Crippen LogP contribution is -2.33. The van der Waals surface area contributed by atoms with E-state index in [-0.39, 0.29) is 12.1 Å². The van der Waals surface area contributed by atoms with Crippen molar-refractivity contribution in [3.8, 4) is 0 Å². The van der Waals surface area contributed by atoms with Crippen LogP contribution in [0.15, 0.2) is 17.5 Å². The summed E-state index contributed by atoms with van der Waals surface area (Å²) >= 11 is 1.63. The van der Waals surface area contributed by atoms with Crippen LogP contribution in [0.2, 0.25) is 0 Å². The first-order valence-electron chi connectivity index (χ1n) is 5.63. The van der Waals surface area contributed by atoms with Crippen molar-refractivity contribution in [2.45, 2.75) is 13.1 Å². The number of hydrogen-bond acceptors (Lipinski definition) is 4. The number of nitrogens with one attached hydrogen (secondary N) is 1. The van der Waals surface area contributed by atoms with E-state index in [0.29, 0.717) is 24.6 Å². The van der Waals surface area contributed by atoms with E-state index in [1.165, 1.54) is 0 Å². The Hall–Kier alpha value is -0.720. The summed E-state index contributed by atoms with van der Waals surface area (Å²) in [6.45, 7) is 2.84. The summed E-state index contributed by atoms with van der Waals surface area (Å²) < 4.78 is 11.4. The Morgan fingerprint density at radius 1 is 1.65 bits per heavy atom. The summed E-state index contributed by atoms with van der Waals surface area (Å²) in [5.74, 6) is 1.31. The van der Waals surface area contributed by atoms with Gasteiger partial charge in [0, 0.05) is 33.7 Å². The minimum atomic E-state index is -0.818. The van der Waals surface area contributed by atoms with Crippen molar-refractivity contribution in [3.63, 3.8) is 0 Å². The molecular formula is C11H16N2O2S2. The first kappa shape index (κ1) is 12.7. The van der Waals surface area contributed by atoms with E-state index in [0.717, 1.165) is 4.88 Å². The zero-order valence-corrected chi connectivity index (χ0v) is 11.4. The van der Waals surface area contributed by atoms with E-state index in [2.05, 4.69) is 5.32 Å². The fourth-order valence-electron chi connectivity index (χ4n) is 1.84. The molecule has 17 heavy (non-hydrogen) atoms. The van der Waals surface area contributed by atoms with Gasteiger partial charge in [0.15, 0.2) is 0 Å². The van der Waals surface area contributed by atoms with Crippen molar-refractivity contribution in [3.05, 3.63) is 22.4 Å². The van der Waals surface area contributed by atoms with Gasteiger partial charge in [-0.2, -0.15) is 0 Å². The van der Waals surface area contributed by atoms with Crippen LogP contribution in [0.5, 0.6) is 0 Å². The van der Waals surface area contributed by atoms with Gasteiger partial charge >= 0.3 is 0 Å². The highest BCUT2D eigenvalue weighted by Crippen LogP contribution is 2.25. The molecular weight excluding hydrogens is 256 g/mol. The highest BCUT2D eigenvalue weighted by molar-refractivity contribution is 7.84. The van der Waals surface area contributed by atoms with Gasteiger partial charge in [-0.25, -0.2) is 0 Å². The molecule has 1 N–H and O–H groups in total. The fourth-order valence-corrected chi connectivity index (χ4v) is 3.34. The second-order valence-corrected chi connectivity index (χ2v) is 6.66. The molecule has 0 radical (unpaired) electrons. The third-order valence-electron chi connectivity index (χ3n) is 2.77. The largest absolute Gasteiger partial charge is 0.320 e. The molecule has 0 bridgehead atoms. The quantitative estimate of drug-likeness (QED) is 0.868. The maximum atomic E-state index is 11.7. The number of carbonyl (C=O) groups is 1. The van der Waals surface area contributed by atoms with Crippen molar-refractivity contribution >= 4 is 28.0 Å². The van der Waals surface area contributed by atoms with Crippen LogP contribution in [0.3, 0.4) is 0 Å². The van der Waals surface area contributed by atoms with Crippen LogP contribution in [0.1, 0.15) is 18.0 Å². The van der Waals surface area contributed by atoms with Gasteiger partial charge in [0.05, 0.1) is 6.54 Å². The van der Waals surface area contributed by atoms with Crippen molar-refractivity contribution < 1.29 is 9.00 Å². The summed E-state index contributed by atoms with van der Waals surface area (Å²) in [6.07, 6.45) is -0.0312. The van der Waals surface area contributed by atoms with E-state index < -0.39 is 10.8 Å². The van der Waals surface area contributed by atoms with Gasteiger partial charge in [0.1, 0.15) is 6.17 Å². The molecule has 0 aliphatic carbocycles. The number of amides is 1. The highest BCUT2D eigenvalue weighted by Gasteiger charge is 2.31. The van der Waals surface area contributed by atoms with Crippen LogP contribution in [-0.4, -0.2) is 39.6 Å². The van der Waals surface area contributed by atoms with Crippen molar-refractivity contribution in [2.75, 3.05) is 24.6 Å². The smallest absolute Gasteiger partial charge is 0.238 e. The molecule has 2 atom stereocenters. The van der Waals surface area contributed by atoms with Crippen molar-refractivity contribution in [2.24, 2.45) is 0 Å². The van der Waals surface area contributed by atoms with E-state index in [1.54, 1.807) is 16.2 Å². The first-order valence-corrected chi connectivity index (χ1v) is 8.00. The normalized spacial score (nSPS) is 22.1. The zero-order chi connectivity index (χ0) is 12.3. The summed E-state index contributed by atoms with van der Waals surface area (Å²) in [7, 11) is -0.818. The fraction of sp³-hybridized carbons (Fsp3) is 0.545. The van der Waals surface area contributed by atoms with Gasteiger partial charge in [-0.3, -0.25) is 14.3 Å². The number of carbonyl (C=O) groups excluding carboxylic acids is 1. The van der Waals surface area contributed by atoms with Crippen LogP contribution in [0.25, 0.3) is 0 Å². The third-order valence-corrected chi connectivity index (χ3v) is 4.98. The molecule has 2 heterocycles. The topological polar surface area (TPSA) is 49.4 Å². The van der Waals surface area contributed by atoms with Crippen LogP contribution in [-0.2, 0) is 15.6 Å². The average molecular weight is 272 g/mol. The Kier molecular flexibility index (Phi) is 4.31. The van der Waals surface area contributed by atoms with E-state index in [1.807, 2.05) is 24.4 Å². The Bertz CT molecular complexity index is 406. The van der Waals surface area contributed by atoms with Gasteiger partial charge in [0.25, 0.3) is 0 Å². The maximum Gasteiger partial charge on any atom is 0.238 e. The predicted octanol–water partition coefficient (Wildman–Crippen LogP) is 0.947. The lowest BCUT2D eigenvalue weighted by molar-refractivity contribution is -0.127. The Balaban J connectivity index is 2.02. The van der Waals surface area contributed by atoms with E-state index in [9.17, 15) is 9.00 Å². The molecule has 1 fully saturated rings. The molecule has 0 aromatic carbocycles. The van der Waals surface area contributed by atoms with Gasteiger partial charge in [-0.15, -0.1) is 11.3 Å². The summed E-state index contributed by atoms with van der Waals surface area (Å²) in [4.78, 5) is 14.7. The van der Waals surface area contributed by atoms with Crippen LogP contribution in [0.4, 0.5) is 0 Å². The number of hydrogen-bond donors (Lipinski definition) is 1. The molecule has 1 amide bonds. The van der Waals surface area contributed by atoms with Crippen LogP contribution >= 0.6 is 11.3 Å². The Labute approximate surface area is 107 Å². The standard InChI is InChI=1S/C11H16N2O2S2/c1-2-17(15)7-5-13-10(14)8-12-11(13)9-4-3-6-16-9/h3-4,6,11-12H,2,5,7-8H2,1H3. The molecule has 1 aromatic rings. The molecule has 94 valence electrons. The first-order chi connectivity index (χ1) is 8.22. The SMILES string of the molecule is CCS(=O)CCN1C(=O)CNC1c1cccs1. The van der Waals surface area contributed by atoms with Gasteiger partial charge in [-0.1, -0.05) is 13.0 Å². The molecule has 2 unspecified atom stereocenters. The monoisotopic (exact) mass is 272 g/mol. The number of nitrogens with zero attached hydrogens (tertiary/aromatic N) is 1. The van der Waals surface area contributed by atoms with Crippen LogP contribution in [0, 0.1) is 0 Å². The molecule has 4 nitrogen and oxygen atoms in total. The summed E-state index contributed by atoms with van der Waals surface area (Å²) in [5.41, 5.74) is 0. The zero-order valence-electron chi connectivity index (χ0n) is 9.72. The van der Waals surface area contributed by atoms with E-state index in [4.69, 9.17) is 0 Å². The highest BCUT2D eigenvalue weighted by atomic mass is 32.2.